The lowest BCUT2D eigenvalue weighted by Crippen LogP contribution is -2.02. The number of nitrogens with one attached hydrogen (secondary N) is 1. The van der Waals surface area contributed by atoms with Gasteiger partial charge in [-0.2, -0.15) is 0 Å². The van der Waals surface area contributed by atoms with Crippen LogP contribution in [0.4, 0.5) is 5.69 Å². The van der Waals surface area contributed by atoms with Crippen LogP contribution in [0.15, 0.2) is 72.8 Å². The van der Waals surface area contributed by atoms with Gasteiger partial charge in [0.15, 0.2) is 11.5 Å². The third-order valence-corrected chi connectivity index (χ3v) is 4.07. The summed E-state index contributed by atoms with van der Waals surface area (Å²) in [6.45, 7) is 1.09. The van der Waals surface area contributed by atoms with E-state index in [9.17, 15) is 0 Å². The second-order valence-corrected chi connectivity index (χ2v) is 6.01. The first-order valence-corrected chi connectivity index (χ1v) is 8.46. The largest absolute Gasteiger partial charge is 0.493 e. The summed E-state index contributed by atoms with van der Waals surface area (Å²) in [5.74, 6) is 1.20. The van der Waals surface area contributed by atoms with E-state index in [-0.39, 0.29) is 0 Å². The Kier molecular flexibility index (Phi) is 5.81. The maximum atomic E-state index is 6.43. The molecule has 0 aliphatic heterocycles. The lowest BCUT2D eigenvalue weighted by Gasteiger charge is -2.15. The van der Waals surface area contributed by atoms with Crippen molar-refractivity contribution in [3.05, 3.63) is 88.9 Å². The van der Waals surface area contributed by atoms with Crippen LogP contribution < -0.4 is 14.8 Å². The van der Waals surface area contributed by atoms with Gasteiger partial charge in [0.2, 0.25) is 0 Å². The molecule has 0 aromatic heterocycles. The smallest absolute Gasteiger partial charge is 0.180 e. The van der Waals surface area contributed by atoms with Gasteiger partial charge in [0.05, 0.1) is 12.1 Å². The van der Waals surface area contributed by atoms with Crippen LogP contribution in [0.25, 0.3) is 0 Å². The van der Waals surface area contributed by atoms with Crippen LogP contribution in [0, 0.1) is 0 Å². The van der Waals surface area contributed by atoms with Crippen molar-refractivity contribution in [3.63, 3.8) is 0 Å². The zero-order chi connectivity index (χ0) is 17.5. The summed E-state index contributed by atoms with van der Waals surface area (Å²) in [5, 5.41) is 3.90. The number of hydrogen-bond acceptors (Lipinski definition) is 3. The number of benzene rings is 3. The Labute approximate surface area is 153 Å². The van der Waals surface area contributed by atoms with Gasteiger partial charge in [-0.05, 0) is 35.4 Å². The molecule has 25 heavy (non-hydrogen) atoms. The van der Waals surface area contributed by atoms with E-state index in [4.69, 9.17) is 21.1 Å². The Bertz CT molecular complexity index is 807. The first kappa shape index (κ1) is 17.2. The lowest BCUT2D eigenvalue weighted by atomic mass is 10.2. The zero-order valence-electron chi connectivity index (χ0n) is 14.0. The number of methoxy groups -OCH3 is 1. The van der Waals surface area contributed by atoms with Crippen LogP contribution in [0.5, 0.6) is 11.5 Å². The first-order chi connectivity index (χ1) is 12.3. The van der Waals surface area contributed by atoms with E-state index in [0.717, 1.165) is 16.8 Å². The highest BCUT2D eigenvalue weighted by molar-refractivity contribution is 6.32. The number of rotatable bonds is 7. The molecule has 0 radical (unpaired) electrons. The Balaban J connectivity index is 1.71. The van der Waals surface area contributed by atoms with Gasteiger partial charge in [0.25, 0.3) is 0 Å². The molecule has 0 atom stereocenters. The molecule has 0 fully saturated rings. The van der Waals surface area contributed by atoms with Crippen LogP contribution in [-0.4, -0.2) is 7.11 Å². The summed E-state index contributed by atoms with van der Waals surface area (Å²) in [6.07, 6.45) is 0. The fourth-order valence-corrected chi connectivity index (χ4v) is 2.79. The Morgan fingerprint density at radius 1 is 0.880 bits per heavy atom. The maximum Gasteiger partial charge on any atom is 0.180 e. The van der Waals surface area contributed by atoms with Gasteiger partial charge in [-0.25, -0.2) is 0 Å². The lowest BCUT2D eigenvalue weighted by molar-refractivity contribution is 0.284. The molecule has 4 heteroatoms. The Hall–Kier alpha value is -2.65. The monoisotopic (exact) mass is 353 g/mol. The minimum absolute atomic E-state index is 0.443. The van der Waals surface area contributed by atoms with Gasteiger partial charge < -0.3 is 14.8 Å². The van der Waals surface area contributed by atoms with Crippen LogP contribution in [0.2, 0.25) is 5.02 Å². The standard InChI is InChI=1S/C21H20ClNO2/c1-24-20-13-17(14-23-18-10-6-3-7-11-18)12-19(22)21(20)25-15-16-8-4-2-5-9-16/h2-13,23H,14-15H2,1H3. The topological polar surface area (TPSA) is 30.5 Å². The van der Waals surface area contributed by atoms with E-state index in [1.54, 1.807) is 7.11 Å². The first-order valence-electron chi connectivity index (χ1n) is 8.08. The van der Waals surface area contributed by atoms with Crippen LogP contribution in [0.3, 0.4) is 0 Å². The van der Waals surface area contributed by atoms with Gasteiger partial charge in [-0.3, -0.25) is 0 Å². The van der Waals surface area contributed by atoms with Gasteiger partial charge in [0, 0.05) is 12.2 Å². The predicted molar refractivity (Wildman–Crippen MR) is 103 cm³/mol. The van der Waals surface area contributed by atoms with Gasteiger partial charge >= 0.3 is 0 Å². The highest BCUT2D eigenvalue weighted by Gasteiger charge is 2.12. The number of para-hydroxylation sites is 1. The van der Waals surface area contributed by atoms with Crippen LogP contribution in [0.1, 0.15) is 11.1 Å². The number of halogens is 1. The normalized spacial score (nSPS) is 10.3. The van der Waals surface area contributed by atoms with E-state index in [1.165, 1.54) is 0 Å². The number of anilines is 1. The molecule has 1 N–H and O–H groups in total. The second kappa shape index (κ2) is 8.45. The average molecular weight is 354 g/mol. The Morgan fingerprint density at radius 3 is 2.24 bits per heavy atom. The molecule has 0 bridgehead atoms. The van der Waals surface area contributed by atoms with Crippen LogP contribution in [-0.2, 0) is 13.2 Å². The van der Waals surface area contributed by atoms with Crippen molar-refractivity contribution in [1.82, 2.24) is 0 Å². The molecular formula is C21H20ClNO2. The van der Waals surface area contributed by atoms with E-state index in [0.29, 0.717) is 29.7 Å². The summed E-state index contributed by atoms with van der Waals surface area (Å²) in [5.41, 5.74) is 3.16. The molecule has 3 nitrogen and oxygen atoms in total. The van der Waals surface area contributed by atoms with Crippen LogP contribution >= 0.6 is 11.6 Å². The molecule has 0 saturated heterocycles. The maximum absolute atomic E-state index is 6.43. The molecule has 0 aliphatic carbocycles. The highest BCUT2D eigenvalue weighted by Crippen LogP contribution is 2.37. The van der Waals surface area contributed by atoms with E-state index < -0.39 is 0 Å². The summed E-state index contributed by atoms with van der Waals surface area (Å²) in [4.78, 5) is 0. The molecule has 0 amide bonds. The van der Waals surface area contributed by atoms with Crippen molar-refractivity contribution in [1.29, 1.82) is 0 Å². The number of ether oxygens (including phenoxy) is 2. The minimum Gasteiger partial charge on any atom is -0.493 e. The van der Waals surface area contributed by atoms with Crippen molar-refractivity contribution in [2.24, 2.45) is 0 Å². The summed E-state index contributed by atoms with van der Waals surface area (Å²) in [7, 11) is 1.62. The van der Waals surface area contributed by atoms with Crippen molar-refractivity contribution in [2.45, 2.75) is 13.2 Å². The second-order valence-electron chi connectivity index (χ2n) is 5.60. The third-order valence-electron chi connectivity index (χ3n) is 3.79. The third kappa shape index (κ3) is 4.68. The molecular weight excluding hydrogens is 334 g/mol. The van der Waals surface area contributed by atoms with Gasteiger partial charge in [-0.1, -0.05) is 60.1 Å². The molecule has 3 aromatic carbocycles. The molecule has 0 unspecified atom stereocenters. The fraction of sp³-hybridized carbons (Fsp3) is 0.143. The van der Waals surface area contributed by atoms with E-state index in [2.05, 4.69) is 5.32 Å². The molecule has 0 saturated carbocycles. The van der Waals surface area contributed by atoms with E-state index in [1.807, 2.05) is 72.8 Å². The average Bonchev–Trinajstić information content (AvgIpc) is 2.66. The van der Waals surface area contributed by atoms with E-state index >= 15 is 0 Å². The zero-order valence-corrected chi connectivity index (χ0v) is 14.8. The minimum atomic E-state index is 0.443. The molecule has 128 valence electrons. The quantitative estimate of drug-likeness (QED) is 0.605. The van der Waals surface area contributed by atoms with Crippen molar-refractivity contribution in [3.8, 4) is 11.5 Å². The summed E-state index contributed by atoms with van der Waals surface area (Å²) < 4.78 is 11.4. The molecule has 0 heterocycles. The van der Waals surface area contributed by atoms with Gasteiger partial charge in [-0.15, -0.1) is 0 Å². The molecule has 0 spiro atoms. The summed E-state index contributed by atoms with van der Waals surface area (Å²) >= 11 is 6.43. The van der Waals surface area contributed by atoms with Crippen molar-refractivity contribution in [2.75, 3.05) is 12.4 Å². The molecule has 3 aromatic rings. The van der Waals surface area contributed by atoms with Crippen molar-refractivity contribution < 1.29 is 9.47 Å². The Morgan fingerprint density at radius 2 is 1.56 bits per heavy atom. The highest BCUT2D eigenvalue weighted by atomic mass is 35.5. The summed E-state index contributed by atoms with van der Waals surface area (Å²) in [6, 6.07) is 23.8. The molecule has 3 rings (SSSR count). The molecule has 0 aliphatic rings. The fourth-order valence-electron chi connectivity index (χ4n) is 2.51. The van der Waals surface area contributed by atoms with Gasteiger partial charge in [0.1, 0.15) is 6.61 Å². The predicted octanol–water partition coefficient (Wildman–Crippen LogP) is 5.54. The van der Waals surface area contributed by atoms with Crippen molar-refractivity contribution >= 4 is 17.3 Å². The SMILES string of the molecule is COc1cc(CNc2ccccc2)cc(Cl)c1OCc1ccccc1. The number of hydrogen-bond donors (Lipinski definition) is 1.